The second kappa shape index (κ2) is 8.13. The zero-order chi connectivity index (χ0) is 22.4. The van der Waals surface area contributed by atoms with Crippen molar-refractivity contribution in [1.29, 1.82) is 0 Å². The van der Waals surface area contributed by atoms with Gasteiger partial charge in [0.2, 0.25) is 0 Å². The first-order valence-corrected chi connectivity index (χ1v) is 11.4. The first kappa shape index (κ1) is 20.1. The minimum absolute atomic E-state index is 0.275. The van der Waals surface area contributed by atoms with Crippen LogP contribution in [0.1, 0.15) is 11.3 Å². The number of nitrogens with one attached hydrogen (secondary N) is 3. The quantitative estimate of drug-likeness (QED) is 0.378. The third kappa shape index (κ3) is 3.71. The molecule has 1 atom stereocenters. The van der Waals surface area contributed by atoms with E-state index in [0.29, 0.717) is 16.8 Å². The molecule has 0 saturated carbocycles. The van der Waals surface area contributed by atoms with E-state index < -0.39 is 0 Å². The van der Waals surface area contributed by atoms with Gasteiger partial charge in [-0.3, -0.25) is 5.10 Å². The third-order valence-electron chi connectivity index (χ3n) is 6.33. The van der Waals surface area contributed by atoms with E-state index in [1.54, 1.807) is 0 Å². The Hall–Kier alpha value is -3.49. The van der Waals surface area contributed by atoms with Crippen molar-refractivity contribution in [2.75, 3.05) is 24.5 Å². The van der Waals surface area contributed by atoms with Crippen LogP contribution in [0.15, 0.2) is 48.7 Å². The average Bonchev–Trinajstić information content (AvgIpc) is 3.43. The lowest BCUT2D eigenvalue weighted by molar-refractivity contribution is 0.453. The topological polar surface area (TPSA) is 98.4 Å². The fourth-order valence-corrected chi connectivity index (χ4v) is 4.83. The molecule has 1 fully saturated rings. The number of rotatable bonds is 4. The van der Waals surface area contributed by atoms with Crippen LogP contribution in [0, 0.1) is 6.92 Å². The van der Waals surface area contributed by atoms with E-state index in [2.05, 4.69) is 66.1 Å². The Bertz CT molecular complexity index is 1460. The summed E-state index contributed by atoms with van der Waals surface area (Å²) >= 11 is 6.47. The summed E-state index contributed by atoms with van der Waals surface area (Å²) in [6, 6.07) is 14.7. The van der Waals surface area contributed by atoms with Crippen LogP contribution in [0.25, 0.3) is 33.2 Å². The Kier molecular flexibility index (Phi) is 4.96. The van der Waals surface area contributed by atoms with Crippen molar-refractivity contribution in [3.8, 4) is 11.4 Å². The second-order valence-corrected chi connectivity index (χ2v) is 8.85. The number of piperazine rings is 1. The fraction of sp³-hybridized carbons (Fsp3) is 0.250. The van der Waals surface area contributed by atoms with E-state index in [9.17, 15) is 0 Å². The Labute approximate surface area is 195 Å². The number of hydrogen-bond acceptors (Lipinski definition) is 6. The average molecular weight is 459 g/mol. The van der Waals surface area contributed by atoms with E-state index in [1.807, 2.05) is 25.1 Å². The van der Waals surface area contributed by atoms with Gasteiger partial charge in [0.25, 0.3) is 0 Å². The van der Waals surface area contributed by atoms with Gasteiger partial charge in [0.15, 0.2) is 16.8 Å². The largest absolute Gasteiger partial charge is 0.361 e. The standard InChI is InChI=1S/C24H23ClN8/c1-14-19-11-15(6-7-21(19)30-29-14)23-28-24(22(25)31-32-23)33-9-8-26-17(13-33)10-16-12-27-20-5-3-2-4-18(16)20/h2-7,11-12,17,26-27H,8-10,13H2,1H3,(H,29,30). The van der Waals surface area contributed by atoms with E-state index >= 15 is 0 Å². The van der Waals surface area contributed by atoms with E-state index in [0.717, 1.165) is 53.7 Å². The summed E-state index contributed by atoms with van der Waals surface area (Å²) in [5.74, 6) is 1.24. The van der Waals surface area contributed by atoms with Crippen molar-refractivity contribution < 1.29 is 0 Å². The van der Waals surface area contributed by atoms with Gasteiger partial charge in [-0.05, 0) is 43.2 Å². The Balaban J connectivity index is 1.27. The molecule has 1 unspecified atom stereocenters. The molecule has 0 radical (unpaired) electrons. The van der Waals surface area contributed by atoms with Gasteiger partial charge in [0, 0.05) is 59.4 Å². The van der Waals surface area contributed by atoms with Gasteiger partial charge in [-0.15, -0.1) is 10.2 Å². The first-order chi connectivity index (χ1) is 16.2. The molecule has 3 N–H and O–H groups in total. The maximum absolute atomic E-state index is 6.47. The van der Waals surface area contributed by atoms with E-state index in [4.69, 9.17) is 16.6 Å². The Morgan fingerprint density at radius 1 is 1.12 bits per heavy atom. The van der Waals surface area contributed by atoms with Crippen LogP contribution < -0.4 is 10.2 Å². The molecular formula is C24H23ClN8. The highest BCUT2D eigenvalue weighted by atomic mass is 35.5. The lowest BCUT2D eigenvalue weighted by Gasteiger charge is -2.34. The van der Waals surface area contributed by atoms with Gasteiger partial charge in [-0.25, -0.2) is 4.98 Å². The van der Waals surface area contributed by atoms with Crippen molar-refractivity contribution in [2.45, 2.75) is 19.4 Å². The van der Waals surface area contributed by atoms with Crippen molar-refractivity contribution in [2.24, 2.45) is 0 Å². The highest BCUT2D eigenvalue weighted by Gasteiger charge is 2.24. The van der Waals surface area contributed by atoms with Gasteiger partial charge < -0.3 is 15.2 Å². The molecule has 33 heavy (non-hydrogen) atoms. The maximum Gasteiger partial charge on any atom is 0.194 e. The molecule has 1 aliphatic heterocycles. The molecule has 0 aliphatic carbocycles. The monoisotopic (exact) mass is 458 g/mol. The molecule has 8 nitrogen and oxygen atoms in total. The molecule has 2 aromatic carbocycles. The number of para-hydroxylation sites is 1. The van der Waals surface area contributed by atoms with Crippen LogP contribution >= 0.6 is 11.6 Å². The molecule has 6 rings (SSSR count). The third-order valence-corrected chi connectivity index (χ3v) is 6.57. The number of aryl methyl sites for hydroxylation is 1. The molecule has 5 aromatic rings. The van der Waals surface area contributed by atoms with Crippen LogP contribution in [0.5, 0.6) is 0 Å². The number of fused-ring (bicyclic) bond motifs is 2. The van der Waals surface area contributed by atoms with E-state index in [-0.39, 0.29) is 6.04 Å². The van der Waals surface area contributed by atoms with Gasteiger partial charge in [0.1, 0.15) is 0 Å². The number of hydrogen-bond donors (Lipinski definition) is 3. The molecular weight excluding hydrogens is 436 g/mol. The smallest absolute Gasteiger partial charge is 0.194 e. The minimum atomic E-state index is 0.275. The van der Waals surface area contributed by atoms with Crippen molar-refractivity contribution in [3.05, 3.63) is 65.1 Å². The summed E-state index contributed by atoms with van der Waals surface area (Å²) < 4.78 is 0. The van der Waals surface area contributed by atoms with Crippen LogP contribution in [0.4, 0.5) is 5.82 Å². The number of halogens is 1. The number of nitrogens with zero attached hydrogens (tertiary/aromatic N) is 5. The van der Waals surface area contributed by atoms with Gasteiger partial charge >= 0.3 is 0 Å². The molecule has 166 valence electrons. The number of aromatic amines is 2. The molecule has 9 heteroatoms. The summed E-state index contributed by atoms with van der Waals surface area (Å²) in [5, 5.41) is 22.1. The van der Waals surface area contributed by atoms with Crippen molar-refractivity contribution >= 4 is 39.2 Å². The predicted octanol–water partition coefficient (Wildman–Crippen LogP) is 3.88. The Morgan fingerprint density at radius 3 is 2.97 bits per heavy atom. The summed E-state index contributed by atoms with van der Waals surface area (Å²) in [7, 11) is 0. The van der Waals surface area contributed by atoms with Crippen LogP contribution in [-0.4, -0.2) is 56.0 Å². The van der Waals surface area contributed by atoms with Gasteiger partial charge in [-0.2, -0.15) is 5.10 Å². The number of benzene rings is 2. The molecule has 1 aliphatic rings. The molecule has 3 aromatic heterocycles. The molecule has 0 spiro atoms. The molecule has 0 bridgehead atoms. The summed E-state index contributed by atoms with van der Waals surface area (Å²) in [5.41, 5.74) is 5.29. The minimum Gasteiger partial charge on any atom is -0.361 e. The lowest BCUT2D eigenvalue weighted by Crippen LogP contribution is -2.52. The highest BCUT2D eigenvalue weighted by Crippen LogP contribution is 2.28. The maximum atomic E-state index is 6.47. The highest BCUT2D eigenvalue weighted by molar-refractivity contribution is 6.31. The van der Waals surface area contributed by atoms with Crippen molar-refractivity contribution in [3.63, 3.8) is 0 Å². The number of aromatic nitrogens is 6. The number of anilines is 1. The van der Waals surface area contributed by atoms with Crippen LogP contribution in [0.3, 0.4) is 0 Å². The normalized spacial score (nSPS) is 16.7. The summed E-state index contributed by atoms with van der Waals surface area (Å²) in [6.07, 6.45) is 3.02. The predicted molar refractivity (Wildman–Crippen MR) is 131 cm³/mol. The number of H-pyrrole nitrogens is 2. The second-order valence-electron chi connectivity index (χ2n) is 8.49. The zero-order valence-corrected chi connectivity index (χ0v) is 18.9. The molecule has 0 amide bonds. The van der Waals surface area contributed by atoms with Crippen LogP contribution in [0.2, 0.25) is 5.15 Å². The van der Waals surface area contributed by atoms with E-state index in [1.165, 1.54) is 10.9 Å². The fourth-order valence-electron chi connectivity index (χ4n) is 4.63. The van der Waals surface area contributed by atoms with Crippen LogP contribution in [-0.2, 0) is 6.42 Å². The summed E-state index contributed by atoms with van der Waals surface area (Å²) in [6.45, 7) is 4.45. The van der Waals surface area contributed by atoms with Gasteiger partial charge in [0.05, 0.1) is 5.52 Å². The Morgan fingerprint density at radius 2 is 2.03 bits per heavy atom. The molecule has 4 heterocycles. The SMILES string of the molecule is Cc1[nH]nc2ccc(-c3nnc(Cl)c(N4CCNC(Cc5c[nH]c6ccccc56)C4)n3)cc12. The van der Waals surface area contributed by atoms with Gasteiger partial charge in [-0.1, -0.05) is 29.8 Å². The first-order valence-electron chi connectivity index (χ1n) is 11.0. The lowest BCUT2D eigenvalue weighted by atomic mass is 10.0. The van der Waals surface area contributed by atoms with Crippen molar-refractivity contribution in [1.82, 2.24) is 35.7 Å². The zero-order valence-electron chi connectivity index (χ0n) is 18.1. The molecule has 1 saturated heterocycles. The summed E-state index contributed by atoms with van der Waals surface area (Å²) in [4.78, 5) is 10.4.